The van der Waals surface area contributed by atoms with Gasteiger partial charge in [-0.2, -0.15) is 0 Å². The molecule has 2 aromatic carbocycles. The summed E-state index contributed by atoms with van der Waals surface area (Å²) in [6.45, 7) is 0. The summed E-state index contributed by atoms with van der Waals surface area (Å²) in [4.78, 5) is 9.86. The monoisotopic (exact) mass is 313 g/mol. The summed E-state index contributed by atoms with van der Waals surface area (Å²) in [5, 5.41) is 10.8. The average molecular weight is 313 g/mol. The second-order valence-corrected chi connectivity index (χ2v) is 6.23. The summed E-state index contributed by atoms with van der Waals surface area (Å²) in [5.41, 5.74) is -0.744. The van der Waals surface area contributed by atoms with Crippen LogP contribution < -0.4 is 0 Å². The van der Waals surface area contributed by atoms with Crippen molar-refractivity contribution in [3.05, 3.63) is 69.8 Å². The van der Waals surface area contributed by atoms with Crippen LogP contribution in [0.15, 0.2) is 47.4 Å². The van der Waals surface area contributed by atoms with E-state index in [-0.39, 0.29) is 10.5 Å². The molecule has 0 amide bonds. The lowest BCUT2D eigenvalue weighted by Gasteiger charge is -2.06. The summed E-state index contributed by atoms with van der Waals surface area (Å²) in [7, 11) is -3.94. The van der Waals surface area contributed by atoms with Gasteiger partial charge in [-0.15, -0.1) is 0 Å². The van der Waals surface area contributed by atoms with Crippen molar-refractivity contribution >= 4 is 15.5 Å². The molecule has 0 N–H and O–H groups in total. The Morgan fingerprint density at radius 2 is 1.57 bits per heavy atom. The minimum absolute atomic E-state index is 0.192. The van der Waals surface area contributed by atoms with Crippen molar-refractivity contribution in [1.82, 2.24) is 0 Å². The second-order valence-electron chi connectivity index (χ2n) is 4.24. The van der Waals surface area contributed by atoms with E-state index in [1.54, 1.807) is 0 Å². The Hall–Kier alpha value is -2.35. The molecule has 0 unspecified atom stereocenters. The van der Waals surface area contributed by atoms with Gasteiger partial charge in [-0.1, -0.05) is 0 Å². The minimum atomic E-state index is -3.94. The predicted octanol–water partition coefficient (Wildman–Crippen LogP) is 2.85. The fraction of sp³-hybridized carbons (Fsp3) is 0.0769. The normalized spacial score (nSPS) is 11.3. The third-order valence-corrected chi connectivity index (χ3v) is 4.44. The van der Waals surface area contributed by atoms with Crippen molar-refractivity contribution in [2.24, 2.45) is 0 Å². The van der Waals surface area contributed by atoms with Crippen LogP contribution in [0.25, 0.3) is 0 Å². The highest BCUT2D eigenvalue weighted by molar-refractivity contribution is 7.90. The van der Waals surface area contributed by atoms with Crippen molar-refractivity contribution in [3.63, 3.8) is 0 Å². The molecule has 0 aromatic heterocycles. The Morgan fingerprint density at radius 3 is 2.14 bits per heavy atom. The molecule has 8 heteroatoms. The molecule has 110 valence electrons. The van der Waals surface area contributed by atoms with E-state index in [1.165, 1.54) is 0 Å². The molecule has 0 aliphatic rings. The average Bonchev–Trinajstić information content (AvgIpc) is 2.38. The van der Waals surface area contributed by atoms with Crippen molar-refractivity contribution in [1.29, 1.82) is 0 Å². The second kappa shape index (κ2) is 5.57. The van der Waals surface area contributed by atoms with E-state index in [0.717, 1.165) is 42.5 Å². The van der Waals surface area contributed by atoms with Crippen LogP contribution >= 0.6 is 0 Å². The molecule has 0 atom stereocenters. The van der Waals surface area contributed by atoms with Gasteiger partial charge in [-0.3, -0.25) is 10.1 Å². The Balaban J connectivity index is 2.43. The van der Waals surface area contributed by atoms with Gasteiger partial charge in [0.25, 0.3) is 5.69 Å². The summed E-state index contributed by atoms with van der Waals surface area (Å²) in [6, 6.07) is 6.63. The standard InChI is InChI=1S/C13H9F2NO4S/c14-10-1-4-12(5-2-10)21(19,20)8-9-7-11(15)3-6-13(9)16(17)18/h1-7H,8H2. The number of hydrogen-bond acceptors (Lipinski definition) is 4. The molecule has 0 radical (unpaired) electrons. The Morgan fingerprint density at radius 1 is 1.00 bits per heavy atom. The lowest BCUT2D eigenvalue weighted by Crippen LogP contribution is -2.07. The van der Waals surface area contributed by atoms with Crippen LogP contribution in [-0.2, 0) is 15.6 Å². The van der Waals surface area contributed by atoms with E-state index in [9.17, 15) is 27.3 Å². The fourth-order valence-electron chi connectivity index (χ4n) is 1.78. The summed E-state index contributed by atoms with van der Waals surface area (Å²) >= 11 is 0. The van der Waals surface area contributed by atoms with E-state index >= 15 is 0 Å². The van der Waals surface area contributed by atoms with Crippen molar-refractivity contribution in [2.45, 2.75) is 10.6 Å². The van der Waals surface area contributed by atoms with Gasteiger partial charge in [0.1, 0.15) is 11.6 Å². The van der Waals surface area contributed by atoms with E-state index in [4.69, 9.17) is 0 Å². The Bertz CT molecular complexity index is 788. The first-order valence-corrected chi connectivity index (χ1v) is 7.36. The maximum Gasteiger partial charge on any atom is 0.273 e. The van der Waals surface area contributed by atoms with Crippen LogP contribution in [0, 0.1) is 21.7 Å². The van der Waals surface area contributed by atoms with Gasteiger partial charge in [0.2, 0.25) is 0 Å². The number of nitro groups is 1. The van der Waals surface area contributed by atoms with Gasteiger partial charge in [0.05, 0.1) is 15.6 Å². The molecule has 5 nitrogen and oxygen atoms in total. The molecule has 0 saturated heterocycles. The largest absolute Gasteiger partial charge is 0.273 e. The molecule has 2 rings (SSSR count). The van der Waals surface area contributed by atoms with Crippen LogP contribution in [0.2, 0.25) is 0 Å². The SMILES string of the molecule is O=[N+]([O-])c1ccc(F)cc1CS(=O)(=O)c1ccc(F)cc1. The number of hydrogen-bond donors (Lipinski definition) is 0. The predicted molar refractivity (Wildman–Crippen MR) is 70.3 cm³/mol. The topological polar surface area (TPSA) is 77.3 Å². The van der Waals surface area contributed by atoms with E-state index in [1.807, 2.05) is 0 Å². The fourth-order valence-corrected chi connectivity index (χ4v) is 3.14. The third kappa shape index (κ3) is 3.40. The molecule has 0 aliphatic heterocycles. The zero-order valence-electron chi connectivity index (χ0n) is 10.5. The number of benzene rings is 2. The van der Waals surface area contributed by atoms with E-state index in [0.29, 0.717) is 0 Å². The smallest absolute Gasteiger partial charge is 0.258 e. The molecule has 21 heavy (non-hydrogen) atoms. The van der Waals surface area contributed by atoms with E-state index < -0.39 is 37.8 Å². The first-order valence-electron chi connectivity index (χ1n) is 5.71. The molecule has 2 aromatic rings. The van der Waals surface area contributed by atoms with Gasteiger partial charge in [0, 0.05) is 11.6 Å². The number of halogens is 2. The van der Waals surface area contributed by atoms with Crippen LogP contribution in [0.4, 0.5) is 14.5 Å². The Labute approximate surface area is 118 Å². The van der Waals surface area contributed by atoms with Gasteiger partial charge in [-0.25, -0.2) is 17.2 Å². The molecular formula is C13H9F2NO4S. The highest BCUT2D eigenvalue weighted by Crippen LogP contribution is 2.25. The zero-order valence-corrected chi connectivity index (χ0v) is 11.3. The number of nitrogens with zero attached hydrogens (tertiary/aromatic N) is 1. The van der Waals surface area contributed by atoms with Crippen molar-refractivity contribution in [2.75, 3.05) is 0 Å². The first-order chi connectivity index (χ1) is 9.79. The third-order valence-electron chi connectivity index (χ3n) is 2.76. The number of nitro benzene ring substituents is 1. The molecule has 0 spiro atoms. The van der Waals surface area contributed by atoms with Crippen LogP contribution in [0.3, 0.4) is 0 Å². The number of sulfone groups is 1. The maximum atomic E-state index is 13.2. The maximum absolute atomic E-state index is 13.2. The summed E-state index contributed by atoms with van der Waals surface area (Å²) < 4.78 is 50.2. The lowest BCUT2D eigenvalue weighted by atomic mass is 10.2. The zero-order chi connectivity index (χ0) is 15.6. The van der Waals surface area contributed by atoms with Gasteiger partial charge < -0.3 is 0 Å². The molecule has 0 heterocycles. The Kier molecular flexibility index (Phi) is 3.99. The lowest BCUT2D eigenvalue weighted by molar-refractivity contribution is -0.385. The van der Waals surface area contributed by atoms with Crippen molar-refractivity contribution < 1.29 is 22.1 Å². The molecular weight excluding hydrogens is 304 g/mol. The molecule has 0 fully saturated rings. The van der Waals surface area contributed by atoms with Crippen molar-refractivity contribution in [3.8, 4) is 0 Å². The molecule has 0 aliphatic carbocycles. The first kappa shape index (κ1) is 15.0. The van der Waals surface area contributed by atoms with Crippen LogP contribution in [0.5, 0.6) is 0 Å². The molecule has 0 bridgehead atoms. The molecule has 0 saturated carbocycles. The number of rotatable bonds is 4. The van der Waals surface area contributed by atoms with Gasteiger partial charge in [-0.05, 0) is 36.4 Å². The van der Waals surface area contributed by atoms with Crippen LogP contribution in [-0.4, -0.2) is 13.3 Å². The quantitative estimate of drug-likeness (QED) is 0.494. The highest BCUT2D eigenvalue weighted by Gasteiger charge is 2.22. The van der Waals surface area contributed by atoms with Gasteiger partial charge in [0.15, 0.2) is 9.84 Å². The van der Waals surface area contributed by atoms with Crippen LogP contribution in [0.1, 0.15) is 5.56 Å². The van der Waals surface area contributed by atoms with E-state index in [2.05, 4.69) is 0 Å². The summed E-state index contributed by atoms with van der Waals surface area (Å²) in [5.74, 6) is -2.12. The highest BCUT2D eigenvalue weighted by atomic mass is 32.2. The minimum Gasteiger partial charge on any atom is -0.258 e. The van der Waals surface area contributed by atoms with Gasteiger partial charge >= 0.3 is 0 Å². The summed E-state index contributed by atoms with van der Waals surface area (Å²) in [6.07, 6.45) is 0.